The molecule has 1 saturated heterocycles. The molecular formula is C24H23N3O2. The topological polar surface area (TPSA) is 62.3 Å². The number of benzene rings is 2. The standard InChI is InChI=1S/C24H23N3O2/c28-22(12-11-19-7-4-6-18-8-5-15-25-23(18)19)27-16-13-20(14-17-27)24(29)26-21-9-2-1-3-10-21/h1-12,15,20H,13-14,16-17H2,(H,26,29)/b12-11+. The van der Waals surface area contributed by atoms with Crippen molar-refractivity contribution in [2.45, 2.75) is 12.8 Å². The fourth-order valence-corrected chi connectivity index (χ4v) is 3.66. The highest BCUT2D eigenvalue weighted by Crippen LogP contribution is 2.21. The van der Waals surface area contributed by atoms with Crippen molar-refractivity contribution in [1.29, 1.82) is 0 Å². The fourth-order valence-electron chi connectivity index (χ4n) is 3.66. The Kier molecular flexibility index (Phi) is 5.66. The number of amides is 2. The van der Waals surface area contributed by atoms with E-state index in [2.05, 4.69) is 10.3 Å². The summed E-state index contributed by atoms with van der Waals surface area (Å²) >= 11 is 0. The fraction of sp³-hybridized carbons (Fsp3) is 0.208. The van der Waals surface area contributed by atoms with E-state index in [0.29, 0.717) is 25.9 Å². The van der Waals surface area contributed by atoms with E-state index >= 15 is 0 Å². The van der Waals surface area contributed by atoms with Crippen LogP contribution in [-0.4, -0.2) is 34.8 Å². The van der Waals surface area contributed by atoms with Crippen LogP contribution in [0.2, 0.25) is 0 Å². The van der Waals surface area contributed by atoms with Crippen molar-refractivity contribution < 1.29 is 9.59 Å². The van der Waals surface area contributed by atoms with Crippen LogP contribution in [0, 0.1) is 5.92 Å². The Morgan fingerprint density at radius 2 is 1.72 bits per heavy atom. The predicted octanol–water partition coefficient (Wildman–Crippen LogP) is 4.13. The number of carbonyl (C=O) groups is 2. The molecule has 4 rings (SSSR count). The van der Waals surface area contributed by atoms with E-state index in [1.165, 1.54) is 0 Å². The molecule has 146 valence electrons. The van der Waals surface area contributed by atoms with Crippen molar-refractivity contribution >= 4 is 34.5 Å². The van der Waals surface area contributed by atoms with Gasteiger partial charge in [0.05, 0.1) is 5.52 Å². The highest BCUT2D eigenvalue weighted by Gasteiger charge is 2.26. The minimum atomic E-state index is -0.0643. The van der Waals surface area contributed by atoms with Gasteiger partial charge in [0.1, 0.15) is 0 Å². The summed E-state index contributed by atoms with van der Waals surface area (Å²) in [6.07, 6.45) is 6.54. The average molecular weight is 385 g/mol. The predicted molar refractivity (Wildman–Crippen MR) is 115 cm³/mol. The lowest BCUT2D eigenvalue weighted by Crippen LogP contribution is -2.40. The van der Waals surface area contributed by atoms with Gasteiger partial charge in [0, 0.05) is 47.9 Å². The van der Waals surface area contributed by atoms with E-state index in [-0.39, 0.29) is 17.7 Å². The Hall–Kier alpha value is -3.47. The summed E-state index contributed by atoms with van der Waals surface area (Å²) in [7, 11) is 0. The number of pyridine rings is 1. The van der Waals surface area contributed by atoms with Gasteiger partial charge in [-0.3, -0.25) is 14.6 Å². The Bertz CT molecular complexity index is 1030. The molecule has 0 unspecified atom stereocenters. The number of hydrogen-bond donors (Lipinski definition) is 1. The summed E-state index contributed by atoms with van der Waals surface area (Å²) in [4.78, 5) is 31.3. The zero-order valence-corrected chi connectivity index (χ0v) is 16.1. The Morgan fingerprint density at radius 3 is 2.52 bits per heavy atom. The van der Waals surface area contributed by atoms with E-state index < -0.39 is 0 Å². The molecule has 2 heterocycles. The molecule has 0 atom stereocenters. The van der Waals surface area contributed by atoms with Crippen LogP contribution in [-0.2, 0) is 9.59 Å². The number of para-hydroxylation sites is 2. The van der Waals surface area contributed by atoms with Gasteiger partial charge in [0.15, 0.2) is 0 Å². The molecule has 1 fully saturated rings. The first-order valence-corrected chi connectivity index (χ1v) is 9.87. The highest BCUT2D eigenvalue weighted by molar-refractivity contribution is 5.96. The van der Waals surface area contributed by atoms with Gasteiger partial charge in [0.2, 0.25) is 11.8 Å². The lowest BCUT2D eigenvalue weighted by Gasteiger charge is -2.30. The van der Waals surface area contributed by atoms with Gasteiger partial charge in [-0.2, -0.15) is 0 Å². The molecule has 1 N–H and O–H groups in total. The second-order valence-corrected chi connectivity index (χ2v) is 7.21. The van der Waals surface area contributed by atoms with Crippen LogP contribution in [0.1, 0.15) is 18.4 Å². The summed E-state index contributed by atoms with van der Waals surface area (Å²) < 4.78 is 0. The first-order chi connectivity index (χ1) is 14.2. The van der Waals surface area contributed by atoms with Crippen molar-refractivity contribution in [1.82, 2.24) is 9.88 Å². The van der Waals surface area contributed by atoms with Gasteiger partial charge >= 0.3 is 0 Å². The molecule has 0 saturated carbocycles. The Balaban J connectivity index is 1.34. The van der Waals surface area contributed by atoms with Crippen LogP contribution in [0.15, 0.2) is 72.9 Å². The number of likely N-dealkylation sites (tertiary alicyclic amines) is 1. The number of anilines is 1. The molecular weight excluding hydrogens is 362 g/mol. The number of fused-ring (bicyclic) bond motifs is 1. The van der Waals surface area contributed by atoms with Crippen molar-refractivity contribution in [2.75, 3.05) is 18.4 Å². The van der Waals surface area contributed by atoms with E-state index in [1.807, 2.05) is 66.7 Å². The van der Waals surface area contributed by atoms with Crippen LogP contribution in [0.25, 0.3) is 17.0 Å². The molecule has 3 aromatic rings. The first kappa shape index (κ1) is 18.9. The van der Waals surface area contributed by atoms with Gasteiger partial charge in [-0.25, -0.2) is 0 Å². The van der Waals surface area contributed by atoms with Crippen molar-refractivity contribution in [2.24, 2.45) is 5.92 Å². The lowest BCUT2D eigenvalue weighted by atomic mass is 9.95. The quantitative estimate of drug-likeness (QED) is 0.687. The van der Waals surface area contributed by atoms with Crippen molar-refractivity contribution in [3.05, 3.63) is 78.5 Å². The first-order valence-electron chi connectivity index (χ1n) is 9.87. The highest BCUT2D eigenvalue weighted by atomic mass is 16.2. The zero-order chi connectivity index (χ0) is 20.1. The van der Waals surface area contributed by atoms with E-state index in [1.54, 1.807) is 17.2 Å². The Labute approximate surface area is 170 Å². The molecule has 0 bridgehead atoms. The maximum atomic E-state index is 12.6. The molecule has 0 radical (unpaired) electrons. The SMILES string of the molecule is O=C(Nc1ccccc1)C1CCN(C(=O)/C=C/c2cccc3cccnc23)CC1. The number of hydrogen-bond acceptors (Lipinski definition) is 3. The van der Waals surface area contributed by atoms with Crippen LogP contribution < -0.4 is 5.32 Å². The molecule has 2 amide bonds. The number of rotatable bonds is 4. The monoisotopic (exact) mass is 385 g/mol. The Morgan fingerprint density at radius 1 is 0.966 bits per heavy atom. The van der Waals surface area contributed by atoms with Gasteiger partial charge < -0.3 is 10.2 Å². The number of piperidine rings is 1. The van der Waals surface area contributed by atoms with Crippen molar-refractivity contribution in [3.8, 4) is 0 Å². The molecule has 2 aromatic carbocycles. The molecule has 0 spiro atoms. The van der Waals surface area contributed by atoms with Gasteiger partial charge in [-0.15, -0.1) is 0 Å². The van der Waals surface area contributed by atoms with Gasteiger partial charge in [-0.1, -0.05) is 42.5 Å². The van der Waals surface area contributed by atoms with Crippen LogP contribution in [0.3, 0.4) is 0 Å². The third-order valence-corrected chi connectivity index (χ3v) is 5.29. The van der Waals surface area contributed by atoms with Crippen LogP contribution in [0.4, 0.5) is 5.69 Å². The minimum absolute atomic E-state index is 0.0279. The van der Waals surface area contributed by atoms with E-state index in [4.69, 9.17) is 0 Å². The maximum absolute atomic E-state index is 12.6. The van der Waals surface area contributed by atoms with Crippen molar-refractivity contribution in [3.63, 3.8) is 0 Å². The molecule has 5 nitrogen and oxygen atoms in total. The second kappa shape index (κ2) is 8.69. The molecule has 1 aliphatic heterocycles. The number of carbonyl (C=O) groups excluding carboxylic acids is 2. The largest absolute Gasteiger partial charge is 0.339 e. The number of aromatic nitrogens is 1. The average Bonchev–Trinajstić information content (AvgIpc) is 2.78. The summed E-state index contributed by atoms with van der Waals surface area (Å²) in [5.74, 6) is -0.0639. The second-order valence-electron chi connectivity index (χ2n) is 7.21. The molecule has 5 heteroatoms. The maximum Gasteiger partial charge on any atom is 0.246 e. The van der Waals surface area contributed by atoms with Crippen LogP contribution >= 0.6 is 0 Å². The summed E-state index contributed by atoms with van der Waals surface area (Å²) in [5.41, 5.74) is 2.62. The molecule has 29 heavy (non-hydrogen) atoms. The number of nitrogens with zero attached hydrogens (tertiary/aromatic N) is 2. The zero-order valence-electron chi connectivity index (χ0n) is 16.1. The van der Waals surface area contributed by atoms with E-state index in [9.17, 15) is 9.59 Å². The summed E-state index contributed by atoms with van der Waals surface area (Å²) in [5, 5.41) is 4.00. The van der Waals surface area contributed by atoms with Gasteiger partial charge in [0.25, 0.3) is 0 Å². The lowest BCUT2D eigenvalue weighted by molar-refractivity contribution is -0.130. The summed E-state index contributed by atoms with van der Waals surface area (Å²) in [6.45, 7) is 1.17. The molecule has 0 aliphatic carbocycles. The number of nitrogens with one attached hydrogen (secondary N) is 1. The third-order valence-electron chi connectivity index (χ3n) is 5.29. The smallest absolute Gasteiger partial charge is 0.246 e. The van der Waals surface area contributed by atoms with Crippen LogP contribution in [0.5, 0.6) is 0 Å². The summed E-state index contributed by atoms with van der Waals surface area (Å²) in [6, 6.07) is 19.3. The molecule has 1 aromatic heterocycles. The minimum Gasteiger partial charge on any atom is -0.339 e. The normalized spacial score (nSPS) is 15.0. The van der Waals surface area contributed by atoms with E-state index in [0.717, 1.165) is 22.2 Å². The molecule has 1 aliphatic rings. The van der Waals surface area contributed by atoms with Gasteiger partial charge in [-0.05, 0) is 37.1 Å². The third kappa shape index (κ3) is 4.51.